The van der Waals surface area contributed by atoms with Crippen LogP contribution < -0.4 is 14.8 Å². The van der Waals surface area contributed by atoms with Gasteiger partial charge in [-0.1, -0.05) is 70.7 Å². The quantitative estimate of drug-likeness (QED) is 0.206. The highest BCUT2D eigenvalue weighted by atomic mass is 32.2. The number of anilines is 1. The second-order valence-corrected chi connectivity index (χ2v) is 9.60. The molecule has 0 bridgehead atoms. The molecule has 35 heavy (non-hydrogen) atoms. The van der Waals surface area contributed by atoms with Crippen LogP contribution in [0.5, 0.6) is 11.5 Å². The minimum Gasteiger partial charge on any atom is -0.493 e. The van der Waals surface area contributed by atoms with Crippen molar-refractivity contribution in [1.29, 1.82) is 0 Å². The Balaban J connectivity index is 1.24. The zero-order valence-electron chi connectivity index (χ0n) is 18.8. The number of carbonyl (C=O) groups excluding carboxylic acids is 1. The van der Waals surface area contributed by atoms with Gasteiger partial charge in [0.1, 0.15) is 0 Å². The van der Waals surface area contributed by atoms with E-state index in [1.165, 1.54) is 27.7 Å². The lowest BCUT2D eigenvalue weighted by Crippen LogP contribution is -2.11. The molecular weight excluding hydrogens is 484 g/mol. The second kappa shape index (κ2) is 10.2. The van der Waals surface area contributed by atoms with Crippen molar-refractivity contribution in [2.24, 2.45) is 0 Å². The van der Waals surface area contributed by atoms with E-state index in [-0.39, 0.29) is 5.69 Å². The maximum Gasteiger partial charge on any atom is 0.279 e. The maximum atomic E-state index is 12.7. The number of amides is 1. The van der Waals surface area contributed by atoms with Crippen LogP contribution in [0.3, 0.4) is 0 Å². The minimum atomic E-state index is -0.428. The average molecular weight is 505 g/mol. The molecule has 0 spiro atoms. The molecule has 0 unspecified atom stereocenters. The Labute approximate surface area is 209 Å². The number of benzene rings is 3. The smallest absolute Gasteiger partial charge is 0.279 e. The molecule has 0 aliphatic heterocycles. The monoisotopic (exact) mass is 504 g/mol. The van der Waals surface area contributed by atoms with Crippen molar-refractivity contribution in [2.45, 2.75) is 10.1 Å². The molecule has 10 heteroatoms. The molecule has 2 heterocycles. The van der Waals surface area contributed by atoms with Gasteiger partial charge >= 0.3 is 0 Å². The molecule has 2 aromatic heterocycles. The first-order valence-electron chi connectivity index (χ1n) is 10.6. The van der Waals surface area contributed by atoms with Gasteiger partial charge in [0, 0.05) is 17.4 Å². The number of carbonyl (C=O) groups is 1. The lowest BCUT2D eigenvalue weighted by molar-refractivity contribution is 0.101. The summed E-state index contributed by atoms with van der Waals surface area (Å²) in [5.74, 6) is 1.90. The van der Waals surface area contributed by atoms with Crippen LogP contribution >= 0.6 is 23.1 Å². The van der Waals surface area contributed by atoms with Crippen LogP contribution in [0.15, 0.2) is 75.6 Å². The van der Waals surface area contributed by atoms with Gasteiger partial charge in [0.25, 0.3) is 5.91 Å². The molecule has 5 rings (SSSR count). The van der Waals surface area contributed by atoms with E-state index >= 15 is 0 Å². The van der Waals surface area contributed by atoms with Gasteiger partial charge in [-0.05, 0) is 34.5 Å². The minimum absolute atomic E-state index is 0.134. The van der Waals surface area contributed by atoms with Crippen molar-refractivity contribution >= 4 is 44.9 Å². The molecule has 3 aromatic carbocycles. The maximum absolute atomic E-state index is 12.7. The summed E-state index contributed by atoms with van der Waals surface area (Å²) in [6.45, 7) is 0. The zero-order valence-corrected chi connectivity index (χ0v) is 20.5. The average Bonchev–Trinajstić information content (AvgIpc) is 3.57. The lowest BCUT2D eigenvalue weighted by atomic mass is 10.1. The molecule has 0 fully saturated rings. The standard InChI is InChI=1S/C25H20N4O4S2/c1-31-20-11-10-16(12-22(20)32-2)21-13-19(29-33-21)23(30)26-24-27-28-25(35-24)34-14-17-8-5-7-15-6-3-4-9-18(15)17/h3-13H,14H2,1-2H3,(H,26,27,30). The highest BCUT2D eigenvalue weighted by molar-refractivity contribution is 8.00. The fourth-order valence-electron chi connectivity index (χ4n) is 3.55. The summed E-state index contributed by atoms with van der Waals surface area (Å²) in [7, 11) is 3.12. The van der Waals surface area contributed by atoms with Gasteiger partial charge in [-0.2, -0.15) is 0 Å². The topological polar surface area (TPSA) is 99.4 Å². The van der Waals surface area contributed by atoms with E-state index < -0.39 is 5.91 Å². The Kier molecular flexibility index (Phi) is 6.64. The van der Waals surface area contributed by atoms with Crippen molar-refractivity contribution in [3.63, 3.8) is 0 Å². The highest BCUT2D eigenvalue weighted by Crippen LogP contribution is 2.33. The number of rotatable bonds is 8. The number of aromatic nitrogens is 3. The van der Waals surface area contributed by atoms with Crippen LogP contribution in [0.4, 0.5) is 5.13 Å². The number of ether oxygens (including phenoxy) is 2. The van der Waals surface area contributed by atoms with Crippen LogP contribution in [0.2, 0.25) is 0 Å². The van der Waals surface area contributed by atoms with Crippen molar-refractivity contribution in [3.05, 3.63) is 78.0 Å². The third kappa shape index (κ3) is 4.98. The molecule has 0 aliphatic carbocycles. The Morgan fingerprint density at radius 1 is 1.00 bits per heavy atom. The first kappa shape index (κ1) is 22.9. The molecule has 0 saturated carbocycles. The molecule has 176 valence electrons. The Morgan fingerprint density at radius 2 is 1.83 bits per heavy atom. The molecule has 1 amide bonds. The third-order valence-corrected chi connectivity index (χ3v) is 7.29. The first-order valence-corrected chi connectivity index (χ1v) is 12.4. The molecule has 1 N–H and O–H groups in total. The van der Waals surface area contributed by atoms with Crippen molar-refractivity contribution in [3.8, 4) is 22.8 Å². The largest absolute Gasteiger partial charge is 0.493 e. The molecule has 5 aromatic rings. The van der Waals surface area contributed by atoms with E-state index in [0.717, 1.165) is 10.1 Å². The van der Waals surface area contributed by atoms with E-state index in [1.54, 1.807) is 50.2 Å². The zero-order chi connectivity index (χ0) is 24.2. The number of thioether (sulfide) groups is 1. The summed E-state index contributed by atoms with van der Waals surface area (Å²) in [5, 5.41) is 17.7. The summed E-state index contributed by atoms with van der Waals surface area (Å²) >= 11 is 2.89. The van der Waals surface area contributed by atoms with E-state index in [1.807, 2.05) is 12.1 Å². The Hall–Kier alpha value is -3.89. The van der Waals surface area contributed by atoms with Crippen LogP contribution in [0.25, 0.3) is 22.1 Å². The van der Waals surface area contributed by atoms with Crippen LogP contribution in [0, 0.1) is 0 Å². The lowest BCUT2D eigenvalue weighted by Gasteiger charge is -2.07. The molecular formula is C25H20N4O4S2. The Morgan fingerprint density at radius 3 is 2.69 bits per heavy atom. The van der Waals surface area contributed by atoms with Gasteiger partial charge in [-0.25, -0.2) is 0 Å². The van der Waals surface area contributed by atoms with Gasteiger partial charge in [0.05, 0.1) is 14.2 Å². The number of hydrogen-bond acceptors (Lipinski definition) is 9. The van der Waals surface area contributed by atoms with Gasteiger partial charge in [0.2, 0.25) is 5.13 Å². The van der Waals surface area contributed by atoms with Crippen LogP contribution in [-0.4, -0.2) is 35.5 Å². The molecule has 0 radical (unpaired) electrons. The third-order valence-electron chi connectivity index (χ3n) is 5.27. The van der Waals surface area contributed by atoms with E-state index in [9.17, 15) is 4.79 Å². The first-order chi connectivity index (χ1) is 17.1. The molecule has 0 atom stereocenters. The van der Waals surface area contributed by atoms with Crippen LogP contribution in [0.1, 0.15) is 16.1 Å². The highest BCUT2D eigenvalue weighted by Gasteiger charge is 2.17. The van der Waals surface area contributed by atoms with Gasteiger partial charge in [-0.3, -0.25) is 10.1 Å². The normalized spacial score (nSPS) is 10.9. The van der Waals surface area contributed by atoms with E-state index in [4.69, 9.17) is 14.0 Å². The fourth-order valence-corrected chi connectivity index (χ4v) is 5.30. The molecule has 0 aliphatic rings. The predicted molar refractivity (Wildman–Crippen MR) is 136 cm³/mol. The molecule has 8 nitrogen and oxygen atoms in total. The summed E-state index contributed by atoms with van der Waals surface area (Å²) in [4.78, 5) is 12.7. The summed E-state index contributed by atoms with van der Waals surface area (Å²) < 4.78 is 16.7. The van der Waals surface area contributed by atoms with Gasteiger partial charge in [0.15, 0.2) is 27.3 Å². The van der Waals surface area contributed by atoms with Gasteiger partial charge in [-0.15, -0.1) is 10.2 Å². The van der Waals surface area contributed by atoms with Gasteiger partial charge < -0.3 is 14.0 Å². The number of hydrogen-bond donors (Lipinski definition) is 1. The SMILES string of the molecule is COc1ccc(-c2cc(C(=O)Nc3nnc(SCc4cccc5ccccc45)s3)no2)cc1OC. The number of methoxy groups -OCH3 is 2. The van der Waals surface area contributed by atoms with Crippen molar-refractivity contribution in [2.75, 3.05) is 19.5 Å². The number of fused-ring (bicyclic) bond motifs is 1. The van der Waals surface area contributed by atoms with Crippen LogP contribution in [-0.2, 0) is 5.75 Å². The fraction of sp³-hybridized carbons (Fsp3) is 0.120. The van der Waals surface area contributed by atoms with Crippen molar-refractivity contribution < 1.29 is 18.8 Å². The number of nitrogens with zero attached hydrogens (tertiary/aromatic N) is 3. The molecule has 0 saturated heterocycles. The van der Waals surface area contributed by atoms with Crippen molar-refractivity contribution in [1.82, 2.24) is 15.4 Å². The Bertz CT molecular complexity index is 1490. The summed E-state index contributed by atoms with van der Waals surface area (Å²) in [5.41, 5.74) is 2.06. The summed E-state index contributed by atoms with van der Waals surface area (Å²) in [6, 6.07) is 21.4. The number of nitrogens with one attached hydrogen (secondary N) is 1. The van der Waals surface area contributed by atoms with E-state index in [2.05, 4.69) is 51.0 Å². The van der Waals surface area contributed by atoms with E-state index in [0.29, 0.717) is 28.0 Å². The second-order valence-electron chi connectivity index (χ2n) is 7.40. The predicted octanol–water partition coefficient (Wildman–Crippen LogP) is 5.91. The summed E-state index contributed by atoms with van der Waals surface area (Å²) in [6.07, 6.45) is 0.